The molecule has 0 radical (unpaired) electrons. The largest absolute Gasteiger partial charge is 0.481 e. The SMILES string of the molecule is Cc1c(Nc2nc3ccccc3s2)nnc2c1CCCN2c1ccc(-c2cnn(CC34CC5(C)CC(C)(CC(CCC[N+](C)(C)CCCC(=O)O)(C5)C3)C4)c2C)c(C(=O)O)n1. The number of thiazole rings is 1. The molecule has 5 aliphatic rings. The second-order valence-electron chi connectivity index (χ2n) is 20.7. The van der Waals surface area contributed by atoms with Gasteiger partial charge >= 0.3 is 11.9 Å². The van der Waals surface area contributed by atoms with E-state index >= 15 is 0 Å². The highest BCUT2D eigenvalue weighted by atomic mass is 32.1. The molecule has 13 nitrogen and oxygen atoms in total. The van der Waals surface area contributed by atoms with Crippen molar-refractivity contribution in [3.05, 3.63) is 65.1 Å². The summed E-state index contributed by atoms with van der Waals surface area (Å²) in [7, 11) is 4.48. The van der Waals surface area contributed by atoms with Crippen LogP contribution in [0.3, 0.4) is 0 Å². The zero-order valence-corrected chi connectivity index (χ0v) is 37.4. The zero-order chi connectivity index (χ0) is 43.0. The summed E-state index contributed by atoms with van der Waals surface area (Å²) in [6.07, 6.45) is 14.2. The molecule has 4 bridgehead atoms. The fraction of sp³-hybridized carbons (Fsp3) is 0.553. The topological polar surface area (TPSA) is 159 Å². The molecule has 322 valence electrons. The van der Waals surface area contributed by atoms with Crippen molar-refractivity contribution >= 4 is 56.1 Å². The van der Waals surface area contributed by atoms with Gasteiger partial charge in [0.25, 0.3) is 0 Å². The highest BCUT2D eigenvalue weighted by Crippen LogP contribution is 2.75. The number of para-hydroxylation sites is 1. The van der Waals surface area contributed by atoms with Gasteiger partial charge in [0.2, 0.25) is 0 Å². The van der Waals surface area contributed by atoms with Crippen LogP contribution in [-0.4, -0.2) is 90.3 Å². The molecule has 0 spiro atoms. The molecular weight excluding hydrogens is 787 g/mol. The third-order valence-electron chi connectivity index (χ3n) is 14.6. The summed E-state index contributed by atoms with van der Waals surface area (Å²) in [6.45, 7) is 12.6. The Labute approximate surface area is 362 Å². The zero-order valence-electron chi connectivity index (χ0n) is 36.6. The van der Waals surface area contributed by atoms with E-state index in [2.05, 4.69) is 61.1 Å². The number of carboxylic acids is 2. The van der Waals surface area contributed by atoms with Gasteiger partial charge in [0.15, 0.2) is 22.5 Å². The average molecular weight is 847 g/mol. The minimum absolute atomic E-state index is 0.00384. The van der Waals surface area contributed by atoms with E-state index in [4.69, 9.17) is 20.2 Å². The predicted molar refractivity (Wildman–Crippen MR) is 239 cm³/mol. The monoisotopic (exact) mass is 846 g/mol. The summed E-state index contributed by atoms with van der Waals surface area (Å²) in [6, 6.07) is 11.8. The molecule has 0 amide bonds. The maximum atomic E-state index is 13.0. The van der Waals surface area contributed by atoms with Crippen molar-refractivity contribution in [2.45, 2.75) is 111 Å². The molecule has 4 saturated carbocycles. The molecule has 3 N–H and O–H groups in total. The van der Waals surface area contributed by atoms with E-state index in [9.17, 15) is 14.7 Å². The Morgan fingerprint density at radius 2 is 1.62 bits per heavy atom. The number of anilines is 4. The van der Waals surface area contributed by atoms with Crippen LogP contribution in [0, 0.1) is 35.5 Å². The summed E-state index contributed by atoms with van der Waals surface area (Å²) in [4.78, 5) is 35.7. The van der Waals surface area contributed by atoms with Gasteiger partial charge in [-0.2, -0.15) is 5.10 Å². The molecule has 2 unspecified atom stereocenters. The van der Waals surface area contributed by atoms with Crippen LogP contribution in [0.5, 0.6) is 0 Å². The molecule has 10 rings (SSSR count). The lowest BCUT2D eigenvalue weighted by atomic mass is 9.35. The first-order chi connectivity index (χ1) is 29.0. The Morgan fingerprint density at radius 3 is 2.36 bits per heavy atom. The van der Waals surface area contributed by atoms with Crippen molar-refractivity contribution in [2.75, 3.05) is 43.9 Å². The molecule has 14 heteroatoms. The van der Waals surface area contributed by atoms with Gasteiger partial charge in [0.05, 0.1) is 50.0 Å². The van der Waals surface area contributed by atoms with Crippen LogP contribution < -0.4 is 10.2 Å². The van der Waals surface area contributed by atoms with Crippen molar-refractivity contribution in [3.63, 3.8) is 0 Å². The van der Waals surface area contributed by atoms with Crippen LogP contribution >= 0.6 is 11.3 Å². The van der Waals surface area contributed by atoms with Gasteiger partial charge in [-0.15, -0.1) is 10.2 Å². The van der Waals surface area contributed by atoms with Crippen LogP contribution in [0.2, 0.25) is 0 Å². The van der Waals surface area contributed by atoms with Gasteiger partial charge in [-0.3, -0.25) is 9.48 Å². The van der Waals surface area contributed by atoms with Gasteiger partial charge < -0.3 is 24.9 Å². The molecule has 4 aliphatic carbocycles. The van der Waals surface area contributed by atoms with Crippen LogP contribution in [0.1, 0.15) is 112 Å². The van der Waals surface area contributed by atoms with E-state index in [-0.39, 0.29) is 17.5 Å². The summed E-state index contributed by atoms with van der Waals surface area (Å²) < 4.78 is 4.11. The van der Waals surface area contributed by atoms with E-state index in [1.807, 2.05) is 48.4 Å². The Kier molecular flexibility index (Phi) is 10.3. The number of carbonyl (C=O) groups is 2. The van der Waals surface area contributed by atoms with E-state index in [0.29, 0.717) is 52.2 Å². The van der Waals surface area contributed by atoms with Crippen LogP contribution in [0.4, 0.5) is 22.6 Å². The average Bonchev–Trinajstić information content (AvgIpc) is 3.75. The van der Waals surface area contributed by atoms with E-state index in [0.717, 1.165) is 81.1 Å². The number of carboxylic acid groups (broad SMARTS) is 2. The van der Waals surface area contributed by atoms with Crippen molar-refractivity contribution in [1.82, 2.24) is 29.9 Å². The highest BCUT2D eigenvalue weighted by Gasteiger charge is 2.65. The number of hydrogen-bond donors (Lipinski definition) is 3. The second-order valence-corrected chi connectivity index (χ2v) is 21.7. The van der Waals surface area contributed by atoms with Crippen molar-refractivity contribution in [1.29, 1.82) is 0 Å². The lowest BCUT2D eigenvalue weighted by Crippen LogP contribution is -2.60. The van der Waals surface area contributed by atoms with Gasteiger partial charge in [-0.05, 0) is 124 Å². The summed E-state index contributed by atoms with van der Waals surface area (Å²) in [5, 5.41) is 38.2. The summed E-state index contributed by atoms with van der Waals surface area (Å²) in [5.74, 6) is 0.112. The summed E-state index contributed by atoms with van der Waals surface area (Å²) in [5.41, 5.74) is 6.34. The minimum Gasteiger partial charge on any atom is -0.481 e. The number of benzene rings is 1. The fourth-order valence-electron chi connectivity index (χ4n) is 13.4. The Bertz CT molecular complexity index is 2480. The van der Waals surface area contributed by atoms with Crippen LogP contribution in [0.15, 0.2) is 42.6 Å². The molecule has 0 saturated heterocycles. The number of aromatic carboxylic acids is 1. The van der Waals surface area contributed by atoms with Crippen molar-refractivity contribution in [3.8, 4) is 11.1 Å². The van der Waals surface area contributed by atoms with Gasteiger partial charge in [0.1, 0.15) is 5.82 Å². The number of quaternary nitrogens is 1. The lowest BCUT2D eigenvalue weighted by molar-refractivity contribution is -0.890. The summed E-state index contributed by atoms with van der Waals surface area (Å²) >= 11 is 1.58. The van der Waals surface area contributed by atoms with Gasteiger partial charge in [0, 0.05) is 47.5 Å². The number of nitrogens with one attached hydrogen (secondary N) is 1. The van der Waals surface area contributed by atoms with Crippen LogP contribution in [0.25, 0.3) is 21.3 Å². The molecule has 1 aromatic carbocycles. The van der Waals surface area contributed by atoms with E-state index < -0.39 is 11.9 Å². The quantitative estimate of drug-likeness (QED) is 0.0862. The predicted octanol–water partition coefficient (Wildman–Crippen LogP) is 9.58. The Morgan fingerprint density at radius 1 is 0.885 bits per heavy atom. The first kappa shape index (κ1) is 41.4. The molecule has 2 atom stereocenters. The smallest absolute Gasteiger partial charge is 0.355 e. The maximum absolute atomic E-state index is 13.0. The minimum atomic E-state index is -1.08. The second kappa shape index (κ2) is 15.1. The number of hydrogen-bond acceptors (Lipinski definition) is 10. The fourth-order valence-corrected chi connectivity index (χ4v) is 14.3. The third-order valence-corrected chi connectivity index (χ3v) is 15.5. The van der Waals surface area contributed by atoms with Gasteiger partial charge in [-0.1, -0.05) is 37.3 Å². The number of aliphatic carboxylic acids is 1. The molecule has 1 aliphatic heterocycles. The standard InChI is InChI=1S/C47H59N9O4S/c1-30-32-12-9-19-54(41(32)53-52-40(30)51-43-49-35-13-7-8-14-36(35)61-43)37-17-16-33(39(50-37)42(59)60)34-22-48-55(31(34)2)29-47-26-44(3)23-45(4,27-47)25-46(24-44,28-47)18-11-21-56(5,6)20-10-15-38(57)58/h7-8,13-14,16-17,22H,9-12,15,18-21,23-29H2,1-6H3,(H2-,49,51,52,57,58,59,60)/p+1. The third kappa shape index (κ3) is 8.01. The molecule has 4 fully saturated rings. The van der Waals surface area contributed by atoms with Crippen molar-refractivity contribution < 1.29 is 24.3 Å². The number of pyridine rings is 1. The lowest BCUT2D eigenvalue weighted by Gasteiger charge is -2.70. The van der Waals surface area contributed by atoms with Crippen molar-refractivity contribution in [2.24, 2.45) is 21.7 Å². The normalized spacial score (nSPS) is 25.6. The number of aromatic nitrogens is 6. The van der Waals surface area contributed by atoms with Crippen LogP contribution in [-0.2, 0) is 17.8 Å². The Hall–Kier alpha value is -4.95. The number of fused-ring (bicyclic) bond motifs is 2. The molecule has 5 aromatic rings. The van der Waals surface area contributed by atoms with Gasteiger partial charge in [-0.25, -0.2) is 14.8 Å². The van der Waals surface area contributed by atoms with E-state index in [1.165, 1.54) is 44.9 Å². The molecule has 5 heterocycles. The first-order valence-electron chi connectivity index (χ1n) is 22.0. The number of nitrogens with zero attached hydrogens (tertiary/aromatic N) is 8. The van der Waals surface area contributed by atoms with E-state index in [1.54, 1.807) is 11.3 Å². The Balaban J connectivity index is 0.942. The molecular formula is C47H60N9O4S+. The molecule has 4 aromatic heterocycles. The maximum Gasteiger partial charge on any atom is 0.355 e. The first-order valence-corrected chi connectivity index (χ1v) is 22.8. The molecule has 61 heavy (non-hydrogen) atoms. The number of rotatable bonds is 15. The highest BCUT2D eigenvalue weighted by molar-refractivity contribution is 7.22.